The average Bonchev–Trinajstić information content (AvgIpc) is 3.42. The average molecular weight is 607 g/mol. The highest BCUT2D eigenvalue weighted by Gasteiger charge is 2.28. The number of methoxy groups -OCH3 is 1. The molecule has 3 heterocycles. The van der Waals surface area contributed by atoms with Gasteiger partial charge in [-0.3, -0.25) is 14.6 Å². The Labute approximate surface area is 268 Å². The van der Waals surface area contributed by atoms with E-state index in [0.29, 0.717) is 43.1 Å². The zero-order valence-electron chi connectivity index (χ0n) is 25.9. The van der Waals surface area contributed by atoms with Crippen LogP contribution >= 0.6 is 0 Å². The molecule has 46 heavy (non-hydrogen) atoms. The lowest BCUT2D eigenvalue weighted by atomic mass is 9.96. The van der Waals surface area contributed by atoms with E-state index in [0.717, 1.165) is 44.5 Å². The molecule has 0 bridgehead atoms. The zero-order valence-corrected chi connectivity index (χ0v) is 25.9. The Morgan fingerprint density at radius 2 is 1.63 bits per heavy atom. The number of fused-ring (bicyclic) bond motifs is 3. The van der Waals surface area contributed by atoms with Crippen LogP contribution < -0.4 is 9.64 Å². The van der Waals surface area contributed by atoms with Gasteiger partial charge in [0.05, 0.1) is 20.2 Å². The maximum absolute atomic E-state index is 14.3. The van der Waals surface area contributed by atoms with Crippen LogP contribution in [0.3, 0.4) is 0 Å². The maximum atomic E-state index is 14.3. The first-order valence-corrected chi connectivity index (χ1v) is 15.4. The van der Waals surface area contributed by atoms with Crippen molar-refractivity contribution in [3.05, 3.63) is 150 Å². The summed E-state index contributed by atoms with van der Waals surface area (Å²) in [6, 6.07) is 37.7. The Balaban J connectivity index is 1.19. The number of aromatic nitrogens is 2. The van der Waals surface area contributed by atoms with Crippen LogP contribution in [0.4, 0.5) is 5.69 Å². The van der Waals surface area contributed by atoms with E-state index in [1.165, 1.54) is 0 Å². The highest BCUT2D eigenvalue weighted by atomic mass is 16.5. The fourth-order valence-electron chi connectivity index (χ4n) is 6.32. The summed E-state index contributed by atoms with van der Waals surface area (Å²) in [5.41, 5.74) is 6.74. The minimum Gasteiger partial charge on any atom is -0.496 e. The number of carbonyl (C=O) groups is 2. The van der Waals surface area contributed by atoms with Crippen LogP contribution in [0.5, 0.6) is 5.75 Å². The van der Waals surface area contributed by atoms with E-state index in [-0.39, 0.29) is 11.8 Å². The first kappa shape index (κ1) is 29.0. The summed E-state index contributed by atoms with van der Waals surface area (Å²) in [6.07, 6.45) is 2.44. The highest BCUT2D eigenvalue weighted by Crippen LogP contribution is 2.37. The number of rotatable bonds is 7. The number of pyridine rings is 1. The van der Waals surface area contributed by atoms with Gasteiger partial charge in [-0.15, -0.1) is 0 Å². The first-order valence-electron chi connectivity index (χ1n) is 15.4. The van der Waals surface area contributed by atoms with E-state index in [1.54, 1.807) is 23.1 Å². The molecule has 0 unspecified atom stereocenters. The van der Waals surface area contributed by atoms with Crippen LogP contribution in [0.15, 0.2) is 121 Å². The van der Waals surface area contributed by atoms with Crippen LogP contribution in [0.25, 0.3) is 21.9 Å². The lowest BCUT2D eigenvalue weighted by Gasteiger charge is -2.23. The second kappa shape index (κ2) is 12.4. The van der Waals surface area contributed by atoms with Crippen LogP contribution in [-0.2, 0) is 19.5 Å². The largest absolute Gasteiger partial charge is 0.496 e. The number of nitrogens with zero attached hydrogens (tertiary/aromatic N) is 4. The Morgan fingerprint density at radius 3 is 2.48 bits per heavy atom. The molecule has 0 atom stereocenters. The number of amides is 2. The normalized spacial score (nSPS) is 12.3. The van der Waals surface area contributed by atoms with Crippen LogP contribution in [0.1, 0.15) is 37.8 Å². The van der Waals surface area contributed by atoms with Crippen molar-refractivity contribution in [3.8, 4) is 16.9 Å². The summed E-state index contributed by atoms with van der Waals surface area (Å²) < 4.78 is 7.89. The Hall–Kier alpha value is -5.69. The minimum absolute atomic E-state index is 0.0619. The number of likely N-dealkylation sites (N-methyl/N-ethyl adjacent to an activating group) is 1. The van der Waals surface area contributed by atoms with Gasteiger partial charge < -0.3 is 19.1 Å². The molecule has 0 N–H and O–H groups in total. The quantitative estimate of drug-likeness (QED) is 0.192. The van der Waals surface area contributed by atoms with Gasteiger partial charge in [-0.05, 0) is 70.4 Å². The lowest BCUT2D eigenvalue weighted by molar-refractivity contribution is 0.0785. The van der Waals surface area contributed by atoms with Crippen molar-refractivity contribution in [1.29, 1.82) is 0 Å². The van der Waals surface area contributed by atoms with E-state index in [9.17, 15) is 9.59 Å². The van der Waals surface area contributed by atoms with E-state index in [1.807, 2.05) is 103 Å². The molecule has 7 heteroatoms. The summed E-state index contributed by atoms with van der Waals surface area (Å²) in [5, 5.41) is 2.26. The van der Waals surface area contributed by atoms with Crippen molar-refractivity contribution < 1.29 is 14.3 Å². The second-order valence-electron chi connectivity index (χ2n) is 11.6. The molecule has 6 aromatic rings. The third-order valence-electron chi connectivity index (χ3n) is 8.77. The predicted molar refractivity (Wildman–Crippen MR) is 181 cm³/mol. The third kappa shape index (κ3) is 5.41. The molecule has 7 rings (SSSR count). The van der Waals surface area contributed by atoms with Crippen LogP contribution in [-0.4, -0.2) is 47.0 Å². The molecule has 2 aromatic heterocycles. The van der Waals surface area contributed by atoms with Gasteiger partial charge in [0, 0.05) is 54.4 Å². The van der Waals surface area contributed by atoms with Gasteiger partial charge in [0.2, 0.25) is 0 Å². The van der Waals surface area contributed by atoms with Gasteiger partial charge in [-0.25, -0.2) is 0 Å². The summed E-state index contributed by atoms with van der Waals surface area (Å²) in [5.74, 6) is 0.439. The van der Waals surface area contributed by atoms with Gasteiger partial charge in [-0.1, -0.05) is 66.7 Å². The molecule has 4 aromatic carbocycles. The van der Waals surface area contributed by atoms with Gasteiger partial charge in [0.25, 0.3) is 11.8 Å². The summed E-state index contributed by atoms with van der Waals surface area (Å²) >= 11 is 0. The molecule has 2 amide bonds. The van der Waals surface area contributed by atoms with E-state index in [2.05, 4.69) is 29.2 Å². The van der Waals surface area contributed by atoms with Crippen molar-refractivity contribution in [2.75, 3.05) is 25.6 Å². The molecule has 0 saturated heterocycles. The molecule has 1 aliphatic heterocycles. The lowest BCUT2D eigenvalue weighted by Crippen LogP contribution is -2.31. The molecule has 228 valence electrons. The van der Waals surface area contributed by atoms with E-state index < -0.39 is 0 Å². The predicted octanol–water partition coefficient (Wildman–Crippen LogP) is 7.24. The van der Waals surface area contributed by atoms with Crippen molar-refractivity contribution >= 4 is 28.3 Å². The number of hydrogen-bond acceptors (Lipinski definition) is 4. The molecule has 7 nitrogen and oxygen atoms in total. The topological polar surface area (TPSA) is 67.7 Å². The molecule has 0 aliphatic carbocycles. The fourth-order valence-corrected chi connectivity index (χ4v) is 6.32. The maximum Gasteiger partial charge on any atom is 0.270 e. The molecule has 0 radical (unpaired) electrons. The number of anilines is 1. The number of hydrogen-bond donors (Lipinski definition) is 0. The molecule has 1 aliphatic rings. The highest BCUT2D eigenvalue weighted by molar-refractivity contribution is 6.08. The standard InChI is InChI=1S/C39H34N4O3/c1-41(23-21-30-13-7-8-22-40-30)39(45)36-20-18-31-26-43(35-16-6-4-11-29(35)25-42(31)36)38(44)28-17-19-34(37(24-28)46-2)33-15-9-12-27-10-3-5-14-32(27)33/h3-20,22,24H,21,23,25-26H2,1-2H3. The summed E-state index contributed by atoms with van der Waals surface area (Å²) in [7, 11) is 3.46. The molecule has 0 saturated carbocycles. The number of para-hydroxylation sites is 1. The Kier molecular flexibility index (Phi) is 7.81. The van der Waals surface area contributed by atoms with Crippen LogP contribution in [0.2, 0.25) is 0 Å². The number of carbonyl (C=O) groups excluding carboxylic acids is 2. The zero-order chi connectivity index (χ0) is 31.6. The van der Waals surface area contributed by atoms with Gasteiger partial charge in [0.1, 0.15) is 11.4 Å². The van der Waals surface area contributed by atoms with E-state index >= 15 is 0 Å². The first-order chi connectivity index (χ1) is 22.5. The van der Waals surface area contributed by atoms with Crippen molar-refractivity contribution in [2.24, 2.45) is 0 Å². The second-order valence-corrected chi connectivity index (χ2v) is 11.6. The smallest absolute Gasteiger partial charge is 0.270 e. The molecule has 0 spiro atoms. The van der Waals surface area contributed by atoms with Crippen molar-refractivity contribution in [3.63, 3.8) is 0 Å². The fraction of sp³-hybridized carbons (Fsp3) is 0.154. The molecule has 0 fully saturated rings. The van der Waals surface area contributed by atoms with Crippen LogP contribution in [0, 0.1) is 0 Å². The van der Waals surface area contributed by atoms with Gasteiger partial charge in [-0.2, -0.15) is 0 Å². The molecular formula is C39H34N4O3. The third-order valence-corrected chi connectivity index (χ3v) is 8.77. The SMILES string of the molecule is COc1cc(C(=O)N2Cc3ccc(C(=O)N(C)CCc4ccccn4)n3Cc3ccccc32)ccc1-c1cccc2ccccc12. The summed E-state index contributed by atoms with van der Waals surface area (Å²) in [6.45, 7) is 1.36. The van der Waals surface area contributed by atoms with Gasteiger partial charge in [0.15, 0.2) is 0 Å². The number of benzene rings is 4. The Bertz CT molecular complexity index is 2060. The molecular weight excluding hydrogens is 572 g/mol. The summed E-state index contributed by atoms with van der Waals surface area (Å²) in [4.78, 5) is 35.9. The Morgan fingerprint density at radius 1 is 0.826 bits per heavy atom. The van der Waals surface area contributed by atoms with E-state index in [4.69, 9.17) is 4.74 Å². The van der Waals surface area contributed by atoms with Gasteiger partial charge >= 0.3 is 0 Å². The minimum atomic E-state index is -0.134. The monoisotopic (exact) mass is 606 g/mol. The van der Waals surface area contributed by atoms with Crippen molar-refractivity contribution in [1.82, 2.24) is 14.5 Å². The van der Waals surface area contributed by atoms with Crippen molar-refractivity contribution in [2.45, 2.75) is 19.5 Å². The number of ether oxygens (including phenoxy) is 1.